The molecule has 0 radical (unpaired) electrons. The van der Waals surface area contributed by atoms with E-state index in [2.05, 4.69) is 90.1 Å². The summed E-state index contributed by atoms with van der Waals surface area (Å²) >= 11 is 0. The van der Waals surface area contributed by atoms with Gasteiger partial charge in [0.15, 0.2) is 0 Å². The summed E-state index contributed by atoms with van der Waals surface area (Å²) in [5.41, 5.74) is 5.97. The Hall–Kier alpha value is -1.56. The highest BCUT2D eigenvalue weighted by Gasteiger charge is 2.27. The first-order chi connectivity index (χ1) is 9.69. The van der Waals surface area contributed by atoms with Crippen LogP contribution in [0, 0.1) is 12.3 Å². The van der Waals surface area contributed by atoms with E-state index in [-0.39, 0.29) is 5.41 Å². The molecular weight excluding hydrogens is 252 g/mol. The number of rotatable bonds is 3. The molecule has 0 nitrogen and oxygen atoms in total. The van der Waals surface area contributed by atoms with Gasteiger partial charge in [-0.15, -0.1) is 0 Å². The molecular formula is C21H28. The molecule has 0 saturated heterocycles. The highest BCUT2D eigenvalue weighted by molar-refractivity contribution is 5.68. The molecule has 21 heavy (non-hydrogen) atoms. The van der Waals surface area contributed by atoms with Gasteiger partial charge in [-0.1, -0.05) is 83.1 Å². The zero-order chi connectivity index (χ0) is 15.7. The summed E-state index contributed by atoms with van der Waals surface area (Å²) in [5.74, 6) is 0. The Balaban J connectivity index is 2.44. The fraction of sp³-hybridized carbons (Fsp3) is 0.429. The normalized spacial score (nSPS) is 12.5. The summed E-state index contributed by atoms with van der Waals surface area (Å²) in [5, 5.41) is 0. The van der Waals surface area contributed by atoms with Gasteiger partial charge >= 0.3 is 0 Å². The van der Waals surface area contributed by atoms with E-state index in [1.54, 1.807) is 0 Å². The number of aryl methyl sites for hydroxylation is 1. The van der Waals surface area contributed by atoms with Crippen molar-refractivity contribution in [2.24, 2.45) is 5.41 Å². The average Bonchev–Trinajstić information content (AvgIpc) is 2.37. The van der Waals surface area contributed by atoms with Crippen LogP contribution >= 0.6 is 0 Å². The lowest BCUT2D eigenvalue weighted by Crippen LogP contribution is -2.24. The van der Waals surface area contributed by atoms with E-state index in [0.717, 1.165) is 0 Å². The van der Waals surface area contributed by atoms with Gasteiger partial charge in [-0.3, -0.25) is 0 Å². The van der Waals surface area contributed by atoms with Crippen LogP contribution < -0.4 is 0 Å². The van der Waals surface area contributed by atoms with Crippen LogP contribution in [0.2, 0.25) is 0 Å². The lowest BCUT2D eigenvalue weighted by Gasteiger charge is -2.33. The smallest absolute Gasteiger partial charge is 0.00984 e. The minimum Gasteiger partial charge on any atom is -0.0622 e. The molecule has 2 aromatic rings. The summed E-state index contributed by atoms with van der Waals surface area (Å²) in [6.07, 6.45) is 1.18. The van der Waals surface area contributed by atoms with Gasteiger partial charge in [-0.05, 0) is 46.4 Å². The van der Waals surface area contributed by atoms with E-state index < -0.39 is 0 Å². The third-order valence-corrected chi connectivity index (χ3v) is 4.08. The molecule has 0 amide bonds. The quantitative estimate of drug-likeness (QED) is 0.612. The molecule has 0 aliphatic heterocycles. The molecule has 0 N–H and O–H groups in total. The molecule has 0 aromatic heterocycles. The van der Waals surface area contributed by atoms with Crippen molar-refractivity contribution in [1.29, 1.82) is 0 Å². The van der Waals surface area contributed by atoms with Crippen LogP contribution in [0.3, 0.4) is 0 Å². The molecule has 0 atom stereocenters. The Morgan fingerprint density at radius 1 is 0.810 bits per heavy atom. The Bertz CT molecular complexity index is 598. The Kier molecular flexibility index (Phi) is 4.27. The third kappa shape index (κ3) is 3.97. The second-order valence-corrected chi connectivity index (χ2v) is 8.02. The molecule has 2 rings (SSSR count). The van der Waals surface area contributed by atoms with Gasteiger partial charge in [0.25, 0.3) is 0 Å². The standard InChI is InChI=1S/C21H28/c1-16-12-13-18(21(5,6)15-20(2,3)4)14-19(16)17-10-8-7-9-11-17/h7-14H,15H2,1-6H3. The molecule has 0 fully saturated rings. The first-order valence-corrected chi connectivity index (χ1v) is 7.86. The molecule has 0 saturated carbocycles. The maximum absolute atomic E-state index is 2.39. The molecule has 0 spiro atoms. The molecule has 112 valence electrons. The van der Waals surface area contributed by atoms with Crippen LogP contribution in [0.1, 0.15) is 52.2 Å². The Labute approximate surface area is 130 Å². The lowest BCUT2D eigenvalue weighted by molar-refractivity contribution is 0.284. The number of benzene rings is 2. The van der Waals surface area contributed by atoms with Crippen molar-refractivity contribution < 1.29 is 0 Å². The van der Waals surface area contributed by atoms with Crippen molar-refractivity contribution in [2.45, 2.75) is 53.4 Å². The van der Waals surface area contributed by atoms with Crippen LogP contribution in [0.4, 0.5) is 0 Å². The van der Waals surface area contributed by atoms with Crippen molar-refractivity contribution in [3.8, 4) is 11.1 Å². The van der Waals surface area contributed by atoms with E-state index >= 15 is 0 Å². The SMILES string of the molecule is Cc1ccc(C(C)(C)CC(C)(C)C)cc1-c1ccccc1. The van der Waals surface area contributed by atoms with Gasteiger partial charge in [0, 0.05) is 0 Å². The average molecular weight is 280 g/mol. The maximum atomic E-state index is 2.39. The van der Waals surface area contributed by atoms with Crippen LogP contribution in [0.15, 0.2) is 48.5 Å². The van der Waals surface area contributed by atoms with Crippen molar-refractivity contribution in [1.82, 2.24) is 0 Å². The first-order valence-electron chi connectivity index (χ1n) is 7.86. The van der Waals surface area contributed by atoms with Crippen molar-refractivity contribution in [3.63, 3.8) is 0 Å². The van der Waals surface area contributed by atoms with E-state index in [9.17, 15) is 0 Å². The second kappa shape index (κ2) is 5.67. The zero-order valence-corrected chi connectivity index (χ0v) is 14.3. The highest BCUT2D eigenvalue weighted by atomic mass is 14.3. The summed E-state index contributed by atoms with van der Waals surface area (Å²) in [6, 6.07) is 17.6. The predicted molar refractivity (Wildman–Crippen MR) is 93.7 cm³/mol. The van der Waals surface area contributed by atoms with E-state index in [1.165, 1.54) is 28.7 Å². The first kappa shape index (κ1) is 15.8. The van der Waals surface area contributed by atoms with Gasteiger partial charge in [0.1, 0.15) is 0 Å². The largest absolute Gasteiger partial charge is 0.0622 e. The minimum absolute atomic E-state index is 0.190. The molecule has 0 unspecified atom stereocenters. The van der Waals surface area contributed by atoms with Crippen LogP contribution in [0.25, 0.3) is 11.1 Å². The number of hydrogen-bond acceptors (Lipinski definition) is 0. The van der Waals surface area contributed by atoms with Crippen LogP contribution in [-0.2, 0) is 5.41 Å². The van der Waals surface area contributed by atoms with Gasteiger partial charge in [0.2, 0.25) is 0 Å². The van der Waals surface area contributed by atoms with E-state index in [4.69, 9.17) is 0 Å². The van der Waals surface area contributed by atoms with Crippen LogP contribution in [0.5, 0.6) is 0 Å². The lowest BCUT2D eigenvalue weighted by atomic mass is 9.72. The van der Waals surface area contributed by atoms with Gasteiger partial charge in [-0.25, -0.2) is 0 Å². The molecule has 0 aliphatic rings. The highest BCUT2D eigenvalue weighted by Crippen LogP contribution is 2.38. The second-order valence-electron chi connectivity index (χ2n) is 8.02. The molecule has 0 bridgehead atoms. The van der Waals surface area contributed by atoms with Crippen molar-refractivity contribution in [2.75, 3.05) is 0 Å². The molecule has 0 heterocycles. The summed E-state index contributed by atoms with van der Waals surface area (Å²) in [7, 11) is 0. The number of hydrogen-bond donors (Lipinski definition) is 0. The molecule has 0 aliphatic carbocycles. The predicted octanol–water partition coefficient (Wildman–Crippen LogP) is 6.38. The monoisotopic (exact) mass is 280 g/mol. The molecule has 2 aromatic carbocycles. The van der Waals surface area contributed by atoms with Gasteiger partial charge in [-0.2, -0.15) is 0 Å². The Morgan fingerprint density at radius 3 is 2.00 bits per heavy atom. The fourth-order valence-electron chi connectivity index (χ4n) is 3.40. The van der Waals surface area contributed by atoms with Gasteiger partial charge in [0.05, 0.1) is 0 Å². The maximum Gasteiger partial charge on any atom is -0.00984 e. The zero-order valence-electron chi connectivity index (χ0n) is 14.3. The Morgan fingerprint density at radius 2 is 1.43 bits per heavy atom. The third-order valence-electron chi connectivity index (χ3n) is 4.08. The summed E-state index contributed by atoms with van der Waals surface area (Å²) in [6.45, 7) is 13.9. The fourth-order valence-corrected chi connectivity index (χ4v) is 3.40. The van der Waals surface area contributed by atoms with E-state index in [1.807, 2.05) is 0 Å². The minimum atomic E-state index is 0.190. The van der Waals surface area contributed by atoms with Crippen molar-refractivity contribution >= 4 is 0 Å². The van der Waals surface area contributed by atoms with Crippen molar-refractivity contribution in [3.05, 3.63) is 59.7 Å². The van der Waals surface area contributed by atoms with Crippen LogP contribution in [-0.4, -0.2) is 0 Å². The molecule has 0 heteroatoms. The topological polar surface area (TPSA) is 0 Å². The summed E-state index contributed by atoms with van der Waals surface area (Å²) in [4.78, 5) is 0. The van der Waals surface area contributed by atoms with E-state index in [0.29, 0.717) is 5.41 Å². The van der Waals surface area contributed by atoms with Gasteiger partial charge < -0.3 is 0 Å². The summed E-state index contributed by atoms with van der Waals surface area (Å²) < 4.78 is 0.